The van der Waals surface area contributed by atoms with Gasteiger partial charge in [0.05, 0.1) is 11.4 Å². The molecule has 5 nitrogen and oxygen atoms in total. The number of aromatic nitrogens is 1. The molecule has 2 amide bonds. The Hall–Kier alpha value is -2.71. The first-order valence-corrected chi connectivity index (χ1v) is 10.2. The average Bonchev–Trinajstić information content (AvgIpc) is 3.15. The molecule has 0 bridgehead atoms. The van der Waals surface area contributed by atoms with Crippen LogP contribution in [0.1, 0.15) is 10.4 Å². The van der Waals surface area contributed by atoms with E-state index in [4.69, 9.17) is 0 Å². The van der Waals surface area contributed by atoms with Crippen molar-refractivity contribution in [2.24, 2.45) is 0 Å². The number of benzene rings is 2. The van der Waals surface area contributed by atoms with E-state index in [0.717, 1.165) is 15.6 Å². The summed E-state index contributed by atoms with van der Waals surface area (Å²) in [5.41, 5.74) is 2.67. The zero-order valence-electron chi connectivity index (χ0n) is 15.3. The molecule has 0 unspecified atom stereocenters. The van der Waals surface area contributed by atoms with E-state index in [9.17, 15) is 14.0 Å². The van der Waals surface area contributed by atoms with Crippen LogP contribution in [0.3, 0.4) is 0 Å². The summed E-state index contributed by atoms with van der Waals surface area (Å²) in [5.74, 6) is -0.399. The third kappa shape index (κ3) is 5.17. The van der Waals surface area contributed by atoms with E-state index < -0.39 is 0 Å². The van der Waals surface area contributed by atoms with E-state index in [1.54, 1.807) is 50.5 Å². The molecule has 144 valence electrons. The molecular formula is C20H18FN3O2S2. The van der Waals surface area contributed by atoms with E-state index in [2.05, 4.69) is 10.3 Å². The van der Waals surface area contributed by atoms with E-state index in [0.29, 0.717) is 11.3 Å². The molecule has 3 aromatic rings. The first-order valence-electron chi connectivity index (χ1n) is 8.38. The number of thioether (sulfide) groups is 1. The Labute approximate surface area is 170 Å². The van der Waals surface area contributed by atoms with E-state index in [-0.39, 0.29) is 23.4 Å². The van der Waals surface area contributed by atoms with Gasteiger partial charge in [0.2, 0.25) is 5.91 Å². The van der Waals surface area contributed by atoms with Gasteiger partial charge >= 0.3 is 0 Å². The molecule has 0 atom stereocenters. The summed E-state index contributed by atoms with van der Waals surface area (Å²) < 4.78 is 13.8. The maximum absolute atomic E-state index is 13.0. The van der Waals surface area contributed by atoms with Crippen molar-refractivity contribution < 1.29 is 14.0 Å². The highest BCUT2D eigenvalue weighted by Gasteiger charge is 2.11. The number of anilines is 1. The van der Waals surface area contributed by atoms with Crippen LogP contribution < -0.4 is 5.32 Å². The predicted octanol–water partition coefficient (Wildman–Crippen LogP) is 4.38. The van der Waals surface area contributed by atoms with Gasteiger partial charge in [0.15, 0.2) is 4.34 Å². The molecule has 1 aromatic heterocycles. The second-order valence-electron chi connectivity index (χ2n) is 6.12. The summed E-state index contributed by atoms with van der Waals surface area (Å²) in [6.07, 6.45) is 0. The molecule has 0 aliphatic carbocycles. The Balaban J connectivity index is 1.57. The van der Waals surface area contributed by atoms with E-state index >= 15 is 0 Å². The van der Waals surface area contributed by atoms with Crippen LogP contribution in [0.15, 0.2) is 58.3 Å². The van der Waals surface area contributed by atoms with Crippen LogP contribution in [-0.2, 0) is 4.79 Å². The quantitative estimate of drug-likeness (QED) is 0.607. The van der Waals surface area contributed by atoms with Crippen LogP contribution >= 0.6 is 23.1 Å². The third-order valence-corrected chi connectivity index (χ3v) is 5.77. The molecule has 28 heavy (non-hydrogen) atoms. The molecule has 0 aliphatic rings. The molecule has 0 aliphatic heterocycles. The molecule has 0 saturated heterocycles. The molecule has 0 spiro atoms. The highest BCUT2D eigenvalue weighted by Crippen LogP contribution is 2.28. The Kier molecular flexibility index (Phi) is 6.43. The first-order chi connectivity index (χ1) is 13.4. The topological polar surface area (TPSA) is 62.3 Å². The normalized spacial score (nSPS) is 10.5. The van der Waals surface area contributed by atoms with Crippen molar-refractivity contribution in [3.8, 4) is 11.3 Å². The van der Waals surface area contributed by atoms with Gasteiger partial charge < -0.3 is 10.2 Å². The molecule has 0 radical (unpaired) electrons. The second kappa shape index (κ2) is 8.99. The minimum atomic E-state index is -0.290. The largest absolute Gasteiger partial charge is 0.345 e. The summed E-state index contributed by atoms with van der Waals surface area (Å²) >= 11 is 2.76. The van der Waals surface area contributed by atoms with Gasteiger partial charge in [-0.15, -0.1) is 11.3 Å². The van der Waals surface area contributed by atoms with Gasteiger partial charge in [-0.2, -0.15) is 0 Å². The lowest BCUT2D eigenvalue weighted by Gasteiger charge is -2.11. The lowest BCUT2D eigenvalue weighted by atomic mass is 10.2. The summed E-state index contributed by atoms with van der Waals surface area (Å²) in [7, 11) is 3.36. The predicted molar refractivity (Wildman–Crippen MR) is 111 cm³/mol. The van der Waals surface area contributed by atoms with Crippen LogP contribution in [-0.4, -0.2) is 41.5 Å². The van der Waals surface area contributed by atoms with Crippen molar-refractivity contribution in [3.05, 3.63) is 65.3 Å². The highest BCUT2D eigenvalue weighted by molar-refractivity contribution is 8.01. The van der Waals surface area contributed by atoms with E-state index in [1.165, 1.54) is 40.1 Å². The number of hydrogen-bond donors (Lipinski definition) is 1. The van der Waals surface area contributed by atoms with E-state index in [1.807, 2.05) is 5.38 Å². The Morgan fingerprint density at radius 2 is 1.93 bits per heavy atom. The van der Waals surface area contributed by atoms with Crippen molar-refractivity contribution in [2.45, 2.75) is 4.34 Å². The molecule has 8 heteroatoms. The molecule has 1 heterocycles. The maximum Gasteiger partial charge on any atom is 0.253 e. The fourth-order valence-electron chi connectivity index (χ4n) is 2.39. The minimum Gasteiger partial charge on any atom is -0.345 e. The van der Waals surface area contributed by atoms with Gasteiger partial charge in [-0.1, -0.05) is 17.8 Å². The van der Waals surface area contributed by atoms with Crippen LogP contribution in [0.25, 0.3) is 11.3 Å². The Morgan fingerprint density at radius 1 is 1.18 bits per heavy atom. The van der Waals surface area contributed by atoms with Crippen molar-refractivity contribution in [2.75, 3.05) is 25.2 Å². The zero-order valence-corrected chi connectivity index (χ0v) is 16.9. The monoisotopic (exact) mass is 415 g/mol. The number of nitrogens with zero attached hydrogens (tertiary/aromatic N) is 2. The average molecular weight is 416 g/mol. The van der Waals surface area contributed by atoms with Gasteiger partial charge in [0.1, 0.15) is 5.82 Å². The molecule has 2 aromatic carbocycles. The highest BCUT2D eigenvalue weighted by atomic mass is 32.2. The standard InChI is InChI=1S/C20H18FN3O2S2/c1-24(2)19(26)14-4-3-5-16(10-14)22-18(25)12-28-20-23-17(11-27-20)13-6-8-15(21)9-7-13/h3-11H,12H2,1-2H3,(H,22,25). The molecular weight excluding hydrogens is 397 g/mol. The van der Waals surface area contributed by atoms with Gasteiger partial charge in [-0.05, 0) is 42.5 Å². The Morgan fingerprint density at radius 3 is 2.64 bits per heavy atom. The van der Waals surface area contributed by atoms with Gasteiger partial charge in [-0.3, -0.25) is 9.59 Å². The summed E-state index contributed by atoms with van der Waals surface area (Å²) in [5, 5.41) is 4.67. The number of nitrogens with one attached hydrogen (secondary N) is 1. The summed E-state index contributed by atoms with van der Waals surface area (Å²) in [6, 6.07) is 13.0. The van der Waals surface area contributed by atoms with Crippen molar-refractivity contribution >= 4 is 40.6 Å². The number of rotatable bonds is 6. The lowest BCUT2D eigenvalue weighted by Crippen LogP contribution is -2.22. The number of carbonyl (C=O) groups excluding carboxylic acids is 2. The third-order valence-electron chi connectivity index (χ3n) is 3.75. The van der Waals surface area contributed by atoms with Crippen molar-refractivity contribution in [1.29, 1.82) is 0 Å². The molecule has 1 N–H and O–H groups in total. The Bertz CT molecular complexity index is 987. The summed E-state index contributed by atoms with van der Waals surface area (Å²) in [4.78, 5) is 30.2. The van der Waals surface area contributed by atoms with Crippen LogP contribution in [0.4, 0.5) is 10.1 Å². The number of halogens is 1. The fourth-order valence-corrected chi connectivity index (χ4v) is 4.02. The number of carbonyl (C=O) groups is 2. The van der Waals surface area contributed by atoms with Crippen molar-refractivity contribution in [1.82, 2.24) is 9.88 Å². The molecule has 0 saturated carbocycles. The number of thiazole rings is 1. The summed E-state index contributed by atoms with van der Waals surface area (Å²) in [6.45, 7) is 0. The SMILES string of the molecule is CN(C)C(=O)c1cccc(NC(=O)CSc2nc(-c3ccc(F)cc3)cs2)c1. The van der Waals surface area contributed by atoms with Crippen molar-refractivity contribution in [3.63, 3.8) is 0 Å². The zero-order chi connectivity index (χ0) is 20.1. The first kappa shape index (κ1) is 20.0. The van der Waals surface area contributed by atoms with Gasteiger partial charge in [0.25, 0.3) is 5.91 Å². The lowest BCUT2D eigenvalue weighted by molar-refractivity contribution is -0.113. The molecule has 3 rings (SSSR count). The smallest absolute Gasteiger partial charge is 0.253 e. The second-order valence-corrected chi connectivity index (χ2v) is 8.20. The maximum atomic E-state index is 13.0. The van der Waals surface area contributed by atoms with Crippen LogP contribution in [0, 0.1) is 5.82 Å². The number of hydrogen-bond acceptors (Lipinski definition) is 5. The fraction of sp³-hybridized carbons (Fsp3) is 0.150. The van der Waals surface area contributed by atoms with Crippen LogP contribution in [0.5, 0.6) is 0 Å². The minimum absolute atomic E-state index is 0.124. The number of amides is 2. The molecule has 0 fully saturated rings. The van der Waals surface area contributed by atoms with Gasteiger partial charge in [0, 0.05) is 36.3 Å². The van der Waals surface area contributed by atoms with Gasteiger partial charge in [-0.25, -0.2) is 9.37 Å². The van der Waals surface area contributed by atoms with Crippen LogP contribution in [0.2, 0.25) is 0 Å².